The summed E-state index contributed by atoms with van der Waals surface area (Å²) in [4.78, 5) is 0. The van der Waals surface area contributed by atoms with Gasteiger partial charge in [0.2, 0.25) is 0 Å². The molecule has 0 nitrogen and oxygen atoms in total. The summed E-state index contributed by atoms with van der Waals surface area (Å²) in [5.74, 6) is 5.92. The summed E-state index contributed by atoms with van der Waals surface area (Å²) in [7, 11) is 0. The van der Waals surface area contributed by atoms with Gasteiger partial charge in [-0.3, -0.25) is 0 Å². The Morgan fingerprint density at radius 2 is 1.39 bits per heavy atom. The maximum Gasteiger partial charge on any atom is 0.146 e. The minimum atomic E-state index is -0.231. The monoisotopic (exact) mass is 434 g/mol. The van der Waals surface area contributed by atoms with Crippen molar-refractivity contribution in [1.29, 1.82) is 0 Å². The average molecular weight is 435 g/mol. The third kappa shape index (κ3) is 5.91. The van der Waals surface area contributed by atoms with Gasteiger partial charge in [0.25, 0.3) is 0 Å². The number of hydrogen-bond acceptors (Lipinski definition) is 0. The zero-order chi connectivity index (χ0) is 23.0. The maximum atomic E-state index is 15.1. The maximum absolute atomic E-state index is 15.1. The first kappa shape index (κ1) is 22.8. The smallest absolute Gasteiger partial charge is 0.146 e. The van der Waals surface area contributed by atoms with E-state index >= 15 is 4.39 Å². The molecule has 0 aliphatic carbocycles. The van der Waals surface area contributed by atoms with E-state index in [1.165, 1.54) is 48.8 Å². The Kier molecular flexibility index (Phi) is 7.59. The van der Waals surface area contributed by atoms with Crippen LogP contribution in [0.2, 0.25) is 0 Å². The van der Waals surface area contributed by atoms with E-state index in [-0.39, 0.29) is 5.82 Å². The van der Waals surface area contributed by atoms with Gasteiger partial charge in [-0.2, -0.15) is 0 Å². The summed E-state index contributed by atoms with van der Waals surface area (Å²) in [5, 5.41) is 1.60. The molecule has 33 heavy (non-hydrogen) atoms. The van der Waals surface area contributed by atoms with Gasteiger partial charge in [-0.25, -0.2) is 4.39 Å². The van der Waals surface area contributed by atoms with Crippen LogP contribution in [0.4, 0.5) is 4.39 Å². The number of aryl methyl sites for hydroxylation is 2. The highest BCUT2D eigenvalue weighted by Gasteiger charge is 2.07. The molecule has 0 radical (unpaired) electrons. The van der Waals surface area contributed by atoms with E-state index in [0.29, 0.717) is 10.9 Å². The van der Waals surface area contributed by atoms with E-state index in [4.69, 9.17) is 0 Å². The Hall–Kier alpha value is -3.37. The molecule has 4 aromatic carbocycles. The molecule has 0 spiro atoms. The van der Waals surface area contributed by atoms with Crippen LogP contribution in [-0.4, -0.2) is 0 Å². The highest BCUT2D eigenvalue weighted by molar-refractivity contribution is 5.85. The lowest BCUT2D eigenvalue weighted by molar-refractivity contribution is 0.631. The van der Waals surface area contributed by atoms with Crippen molar-refractivity contribution < 1.29 is 4.39 Å². The second-order valence-corrected chi connectivity index (χ2v) is 8.84. The zero-order valence-corrected chi connectivity index (χ0v) is 19.6. The predicted octanol–water partition coefficient (Wildman–Crippen LogP) is 8.87. The van der Waals surface area contributed by atoms with Crippen LogP contribution in [0, 0.1) is 24.6 Å². The van der Waals surface area contributed by atoms with E-state index in [1.54, 1.807) is 6.07 Å². The van der Waals surface area contributed by atoms with Crippen LogP contribution in [0.3, 0.4) is 0 Å². The Bertz CT molecular complexity index is 1270. The van der Waals surface area contributed by atoms with Crippen molar-refractivity contribution in [3.05, 3.63) is 107 Å². The van der Waals surface area contributed by atoms with E-state index in [1.807, 2.05) is 24.3 Å². The third-order valence-corrected chi connectivity index (χ3v) is 6.20. The first-order valence-electron chi connectivity index (χ1n) is 12.0. The van der Waals surface area contributed by atoms with E-state index in [9.17, 15) is 0 Å². The number of fused-ring (bicyclic) bond motifs is 1. The molecule has 0 N–H and O–H groups in total. The largest absolute Gasteiger partial charge is 0.205 e. The zero-order valence-electron chi connectivity index (χ0n) is 19.6. The molecule has 0 fully saturated rings. The fourth-order valence-corrected chi connectivity index (χ4v) is 4.16. The number of benzene rings is 4. The molecule has 0 unspecified atom stereocenters. The van der Waals surface area contributed by atoms with Gasteiger partial charge in [0.05, 0.1) is 5.56 Å². The highest BCUT2D eigenvalue weighted by Crippen LogP contribution is 2.24. The molecular weight excluding hydrogens is 403 g/mol. The normalized spacial score (nSPS) is 10.8. The average Bonchev–Trinajstić information content (AvgIpc) is 2.84. The molecule has 0 saturated carbocycles. The third-order valence-electron chi connectivity index (χ3n) is 6.20. The first-order chi connectivity index (χ1) is 16.1. The molecule has 4 rings (SSSR count). The van der Waals surface area contributed by atoms with Crippen LogP contribution in [0.15, 0.2) is 78.9 Å². The Balaban J connectivity index is 1.47. The van der Waals surface area contributed by atoms with Crippen molar-refractivity contribution in [1.82, 2.24) is 0 Å². The highest BCUT2D eigenvalue weighted by atomic mass is 19.1. The van der Waals surface area contributed by atoms with E-state index in [0.717, 1.165) is 22.9 Å². The van der Waals surface area contributed by atoms with Gasteiger partial charge in [0, 0.05) is 10.9 Å². The molecule has 4 aromatic rings. The standard InChI is InChI=1S/C32H31F/c1-3-4-5-6-7-8-26-14-22-31-30(23-26)21-20-29(32(31)33)19-13-25-11-17-28(18-12-25)27-15-9-24(2)10-16-27/h9-12,14-18,20-23H,3-8H2,1-2H3. The summed E-state index contributed by atoms with van der Waals surface area (Å²) in [6.07, 6.45) is 7.39. The van der Waals surface area contributed by atoms with Crippen molar-refractivity contribution in [2.45, 2.75) is 52.4 Å². The van der Waals surface area contributed by atoms with Crippen LogP contribution in [0.25, 0.3) is 21.9 Å². The van der Waals surface area contributed by atoms with Gasteiger partial charge in [0.1, 0.15) is 5.82 Å². The summed E-state index contributed by atoms with van der Waals surface area (Å²) in [6, 6.07) is 26.5. The quantitative estimate of drug-likeness (QED) is 0.201. The van der Waals surface area contributed by atoms with Gasteiger partial charge in [-0.05, 0) is 60.0 Å². The fourth-order valence-electron chi connectivity index (χ4n) is 4.16. The number of unbranched alkanes of at least 4 members (excludes halogenated alkanes) is 4. The lowest BCUT2D eigenvalue weighted by Gasteiger charge is -2.06. The molecule has 0 aromatic heterocycles. The predicted molar refractivity (Wildman–Crippen MR) is 139 cm³/mol. The van der Waals surface area contributed by atoms with E-state index < -0.39 is 0 Å². The molecular formula is C32H31F. The molecule has 0 atom stereocenters. The van der Waals surface area contributed by atoms with Crippen molar-refractivity contribution in [3.63, 3.8) is 0 Å². The Labute approximate surface area is 197 Å². The molecule has 0 saturated heterocycles. The molecule has 0 heterocycles. The topological polar surface area (TPSA) is 0 Å². The van der Waals surface area contributed by atoms with Gasteiger partial charge in [-0.1, -0.05) is 111 Å². The van der Waals surface area contributed by atoms with E-state index in [2.05, 4.69) is 74.2 Å². The van der Waals surface area contributed by atoms with Crippen molar-refractivity contribution in [3.8, 4) is 23.0 Å². The minimum absolute atomic E-state index is 0.231. The lowest BCUT2D eigenvalue weighted by atomic mass is 10.00. The van der Waals surface area contributed by atoms with Gasteiger partial charge >= 0.3 is 0 Å². The summed E-state index contributed by atoms with van der Waals surface area (Å²) in [6.45, 7) is 4.32. The number of hydrogen-bond donors (Lipinski definition) is 0. The molecule has 0 bridgehead atoms. The molecule has 1 heteroatoms. The van der Waals surface area contributed by atoms with Crippen LogP contribution in [0.5, 0.6) is 0 Å². The Morgan fingerprint density at radius 3 is 2.12 bits per heavy atom. The van der Waals surface area contributed by atoms with Gasteiger partial charge in [-0.15, -0.1) is 0 Å². The van der Waals surface area contributed by atoms with Crippen LogP contribution in [-0.2, 0) is 6.42 Å². The first-order valence-corrected chi connectivity index (χ1v) is 12.0. The van der Waals surface area contributed by atoms with Gasteiger partial charge < -0.3 is 0 Å². The molecule has 166 valence electrons. The summed E-state index contributed by atoms with van der Waals surface area (Å²) in [5.41, 5.74) is 6.18. The molecule has 0 aliphatic rings. The summed E-state index contributed by atoms with van der Waals surface area (Å²) < 4.78 is 15.1. The minimum Gasteiger partial charge on any atom is -0.205 e. The molecule has 0 aliphatic heterocycles. The second-order valence-electron chi connectivity index (χ2n) is 8.84. The van der Waals surface area contributed by atoms with Crippen molar-refractivity contribution in [2.75, 3.05) is 0 Å². The van der Waals surface area contributed by atoms with Crippen molar-refractivity contribution >= 4 is 10.8 Å². The number of halogens is 1. The Morgan fingerprint density at radius 1 is 0.697 bits per heavy atom. The summed E-state index contributed by atoms with van der Waals surface area (Å²) >= 11 is 0. The van der Waals surface area contributed by atoms with Crippen LogP contribution < -0.4 is 0 Å². The van der Waals surface area contributed by atoms with Crippen LogP contribution >= 0.6 is 0 Å². The lowest BCUT2D eigenvalue weighted by Crippen LogP contribution is -1.90. The van der Waals surface area contributed by atoms with Crippen molar-refractivity contribution in [2.24, 2.45) is 0 Å². The molecule has 0 amide bonds. The fraction of sp³-hybridized carbons (Fsp3) is 0.250. The number of rotatable bonds is 7. The van der Waals surface area contributed by atoms with Gasteiger partial charge in [0.15, 0.2) is 0 Å². The SMILES string of the molecule is CCCCCCCc1ccc2c(F)c(C#Cc3ccc(-c4ccc(C)cc4)cc3)ccc2c1. The van der Waals surface area contributed by atoms with Crippen LogP contribution in [0.1, 0.15) is 61.3 Å². The second kappa shape index (κ2) is 11.0.